The first-order valence-electron chi connectivity index (χ1n) is 7.70. The van der Waals surface area contributed by atoms with E-state index in [2.05, 4.69) is 15.9 Å². The topological polar surface area (TPSA) is 52.6 Å². The molecule has 4 nitrogen and oxygen atoms in total. The molecular formula is C20H11BrO4S. The molecule has 0 fully saturated rings. The third-order valence-corrected chi connectivity index (χ3v) is 5.34. The molecular weight excluding hydrogens is 416 g/mol. The summed E-state index contributed by atoms with van der Waals surface area (Å²) >= 11 is 4.75. The Morgan fingerprint density at radius 2 is 1.96 bits per heavy atom. The van der Waals surface area contributed by atoms with Gasteiger partial charge in [-0.15, -0.1) is 11.3 Å². The SMILES string of the molecule is O=C(Oc1ccc2c(c1)O/C(=C\c1ccccc1Br)C2=O)c1cccs1. The minimum absolute atomic E-state index is 0.202. The lowest BCUT2D eigenvalue weighted by atomic mass is 10.1. The molecule has 128 valence electrons. The van der Waals surface area contributed by atoms with E-state index in [1.54, 1.807) is 41.8 Å². The van der Waals surface area contributed by atoms with Gasteiger partial charge in [0.25, 0.3) is 0 Å². The number of halogens is 1. The van der Waals surface area contributed by atoms with Gasteiger partial charge in [0.15, 0.2) is 5.76 Å². The fourth-order valence-corrected chi connectivity index (χ4v) is 3.51. The first-order valence-corrected chi connectivity index (χ1v) is 9.37. The molecule has 4 rings (SSSR count). The molecule has 2 heterocycles. The van der Waals surface area contributed by atoms with Crippen LogP contribution in [0.1, 0.15) is 25.6 Å². The van der Waals surface area contributed by atoms with Crippen LogP contribution in [0.3, 0.4) is 0 Å². The molecule has 3 aromatic rings. The Labute approximate surface area is 161 Å². The number of fused-ring (bicyclic) bond motifs is 1. The first kappa shape index (κ1) is 16.8. The summed E-state index contributed by atoms with van der Waals surface area (Å²) in [4.78, 5) is 25.1. The molecule has 0 spiro atoms. The number of ether oxygens (including phenoxy) is 2. The Hall–Kier alpha value is -2.70. The van der Waals surface area contributed by atoms with Crippen LogP contribution in [0, 0.1) is 0 Å². The van der Waals surface area contributed by atoms with E-state index in [1.807, 2.05) is 24.3 Å². The highest BCUT2D eigenvalue weighted by molar-refractivity contribution is 9.10. The van der Waals surface area contributed by atoms with Gasteiger partial charge in [0.2, 0.25) is 5.78 Å². The quantitative estimate of drug-likeness (QED) is 0.322. The van der Waals surface area contributed by atoms with E-state index in [0.29, 0.717) is 21.9 Å². The number of hydrogen-bond acceptors (Lipinski definition) is 5. The van der Waals surface area contributed by atoms with Crippen molar-refractivity contribution in [3.8, 4) is 11.5 Å². The van der Waals surface area contributed by atoms with E-state index in [0.717, 1.165) is 10.0 Å². The van der Waals surface area contributed by atoms with Crippen molar-refractivity contribution >= 4 is 45.1 Å². The van der Waals surface area contributed by atoms with Crippen LogP contribution in [-0.2, 0) is 0 Å². The summed E-state index contributed by atoms with van der Waals surface area (Å²) in [5, 5.41) is 1.81. The first-order chi connectivity index (χ1) is 12.6. The van der Waals surface area contributed by atoms with Crippen LogP contribution in [0.2, 0.25) is 0 Å². The lowest BCUT2D eigenvalue weighted by Crippen LogP contribution is -2.06. The summed E-state index contributed by atoms with van der Waals surface area (Å²) in [5.74, 6) is 0.302. The number of ketones is 1. The molecule has 0 saturated heterocycles. The second kappa shape index (κ2) is 6.90. The van der Waals surface area contributed by atoms with Crippen LogP contribution >= 0.6 is 27.3 Å². The van der Waals surface area contributed by atoms with Gasteiger partial charge in [0.05, 0.1) is 5.56 Å². The van der Waals surface area contributed by atoms with Gasteiger partial charge in [0.1, 0.15) is 16.4 Å². The van der Waals surface area contributed by atoms with Crippen molar-refractivity contribution < 1.29 is 19.1 Å². The highest BCUT2D eigenvalue weighted by Crippen LogP contribution is 2.35. The van der Waals surface area contributed by atoms with Gasteiger partial charge < -0.3 is 9.47 Å². The van der Waals surface area contributed by atoms with Gasteiger partial charge in [0, 0.05) is 10.5 Å². The number of carbonyl (C=O) groups is 2. The molecule has 0 radical (unpaired) electrons. The van der Waals surface area contributed by atoms with E-state index in [4.69, 9.17) is 9.47 Å². The third-order valence-electron chi connectivity index (χ3n) is 3.77. The van der Waals surface area contributed by atoms with E-state index in [-0.39, 0.29) is 11.5 Å². The Morgan fingerprint density at radius 1 is 1.12 bits per heavy atom. The lowest BCUT2D eigenvalue weighted by Gasteiger charge is -2.04. The summed E-state index contributed by atoms with van der Waals surface area (Å²) in [7, 11) is 0. The molecule has 0 atom stereocenters. The molecule has 0 aliphatic carbocycles. The molecule has 0 saturated carbocycles. The van der Waals surface area contributed by atoms with Gasteiger partial charge in [-0.05, 0) is 41.3 Å². The standard InChI is InChI=1S/C20H11BrO4S/c21-15-5-2-1-4-12(15)10-17-19(22)14-8-7-13(11-16(14)25-17)24-20(23)18-6-3-9-26-18/h1-11H/b17-10-. The molecule has 0 unspecified atom stereocenters. The molecule has 1 aromatic heterocycles. The van der Waals surface area contributed by atoms with Crippen molar-refractivity contribution in [3.63, 3.8) is 0 Å². The molecule has 0 N–H and O–H groups in total. The van der Waals surface area contributed by atoms with E-state index >= 15 is 0 Å². The fourth-order valence-electron chi connectivity index (χ4n) is 2.52. The third kappa shape index (κ3) is 3.21. The van der Waals surface area contributed by atoms with Crippen LogP contribution in [0.5, 0.6) is 11.5 Å². The maximum atomic E-state index is 12.5. The number of allylic oxidation sites excluding steroid dienone is 1. The van der Waals surface area contributed by atoms with Crippen molar-refractivity contribution in [2.75, 3.05) is 0 Å². The molecule has 1 aliphatic heterocycles. The maximum absolute atomic E-state index is 12.5. The monoisotopic (exact) mass is 426 g/mol. The maximum Gasteiger partial charge on any atom is 0.353 e. The van der Waals surface area contributed by atoms with Crippen molar-refractivity contribution in [1.29, 1.82) is 0 Å². The average Bonchev–Trinajstić information content (AvgIpc) is 3.26. The zero-order chi connectivity index (χ0) is 18.1. The number of hydrogen-bond donors (Lipinski definition) is 0. The number of esters is 1. The van der Waals surface area contributed by atoms with Gasteiger partial charge in [-0.2, -0.15) is 0 Å². The number of carbonyl (C=O) groups excluding carboxylic acids is 2. The largest absolute Gasteiger partial charge is 0.452 e. The lowest BCUT2D eigenvalue weighted by molar-refractivity contribution is 0.0739. The van der Waals surface area contributed by atoms with Crippen LogP contribution < -0.4 is 9.47 Å². The number of Topliss-reactive ketones (excluding diaryl/α,β-unsaturated/α-hetero) is 1. The Morgan fingerprint density at radius 3 is 2.73 bits per heavy atom. The summed E-state index contributed by atoms with van der Waals surface area (Å²) < 4.78 is 11.9. The molecule has 26 heavy (non-hydrogen) atoms. The Bertz CT molecular complexity index is 1040. The van der Waals surface area contributed by atoms with E-state index < -0.39 is 5.97 Å². The van der Waals surface area contributed by atoms with Crippen LogP contribution in [-0.4, -0.2) is 11.8 Å². The summed E-state index contributed by atoms with van der Waals surface area (Å²) in [5.41, 5.74) is 1.28. The molecule has 1 aliphatic rings. The van der Waals surface area contributed by atoms with Crippen LogP contribution in [0.15, 0.2) is 70.2 Å². The smallest absolute Gasteiger partial charge is 0.353 e. The van der Waals surface area contributed by atoms with Crippen LogP contribution in [0.4, 0.5) is 0 Å². The predicted molar refractivity (Wildman–Crippen MR) is 103 cm³/mol. The molecule has 0 bridgehead atoms. The number of benzene rings is 2. The zero-order valence-electron chi connectivity index (χ0n) is 13.3. The second-order valence-electron chi connectivity index (χ2n) is 5.49. The van der Waals surface area contributed by atoms with Gasteiger partial charge in [-0.1, -0.05) is 40.2 Å². The Kier molecular flexibility index (Phi) is 4.44. The zero-order valence-corrected chi connectivity index (χ0v) is 15.7. The summed E-state index contributed by atoms with van der Waals surface area (Å²) in [6.07, 6.45) is 1.68. The molecule has 6 heteroatoms. The highest BCUT2D eigenvalue weighted by atomic mass is 79.9. The minimum atomic E-state index is -0.437. The fraction of sp³-hybridized carbons (Fsp3) is 0. The summed E-state index contributed by atoms with van der Waals surface area (Å²) in [6, 6.07) is 15.8. The Balaban J connectivity index is 1.59. The van der Waals surface area contributed by atoms with Crippen molar-refractivity contribution in [1.82, 2.24) is 0 Å². The van der Waals surface area contributed by atoms with Gasteiger partial charge >= 0.3 is 5.97 Å². The number of thiophene rings is 1. The van der Waals surface area contributed by atoms with Crippen molar-refractivity contribution in [3.05, 3.63) is 86.2 Å². The van der Waals surface area contributed by atoms with Crippen molar-refractivity contribution in [2.24, 2.45) is 0 Å². The predicted octanol–water partition coefficient (Wildman–Crippen LogP) is 5.35. The second-order valence-corrected chi connectivity index (χ2v) is 7.29. The molecule has 0 amide bonds. The van der Waals surface area contributed by atoms with Crippen LogP contribution in [0.25, 0.3) is 6.08 Å². The number of rotatable bonds is 3. The van der Waals surface area contributed by atoms with E-state index in [9.17, 15) is 9.59 Å². The van der Waals surface area contributed by atoms with Gasteiger partial charge in [-0.3, -0.25) is 4.79 Å². The average molecular weight is 427 g/mol. The molecule has 2 aromatic carbocycles. The van der Waals surface area contributed by atoms with E-state index in [1.165, 1.54) is 11.3 Å². The normalized spacial score (nSPS) is 14.2. The minimum Gasteiger partial charge on any atom is -0.452 e. The summed E-state index contributed by atoms with van der Waals surface area (Å²) in [6.45, 7) is 0. The van der Waals surface area contributed by atoms with Gasteiger partial charge in [-0.25, -0.2) is 4.79 Å². The van der Waals surface area contributed by atoms with Crippen molar-refractivity contribution in [2.45, 2.75) is 0 Å². The highest BCUT2D eigenvalue weighted by Gasteiger charge is 2.28.